The number of carbonyl (C=O) groups excluding carboxylic acids is 1. The highest BCUT2D eigenvalue weighted by atomic mass is 16.5. The highest BCUT2D eigenvalue weighted by Gasteiger charge is 2.09. The highest BCUT2D eigenvalue weighted by molar-refractivity contribution is 5.98. The first-order valence-electron chi connectivity index (χ1n) is 12.2. The van der Waals surface area contributed by atoms with E-state index in [-0.39, 0.29) is 0 Å². The lowest BCUT2D eigenvalue weighted by Crippen LogP contribution is -2.18. The topological polar surface area (TPSA) is 54.7 Å². The van der Waals surface area contributed by atoms with Crippen molar-refractivity contribution in [3.63, 3.8) is 0 Å². The van der Waals surface area contributed by atoms with E-state index in [2.05, 4.69) is 22.6 Å². The fourth-order valence-corrected chi connectivity index (χ4v) is 4.48. The highest BCUT2D eigenvalue weighted by Crippen LogP contribution is 2.25. The summed E-state index contributed by atoms with van der Waals surface area (Å²) < 4.78 is 7.50. The predicted molar refractivity (Wildman–Crippen MR) is 135 cm³/mol. The number of phenolic OH excluding ortho intramolecular Hbond substituents is 1. The van der Waals surface area contributed by atoms with E-state index in [0.717, 1.165) is 60.1 Å². The average molecular weight is 451 g/mol. The summed E-state index contributed by atoms with van der Waals surface area (Å²) in [4.78, 5) is 13.7. The van der Waals surface area contributed by atoms with Gasteiger partial charge in [0.1, 0.15) is 11.5 Å². The molecule has 0 fully saturated rings. The summed E-state index contributed by atoms with van der Waals surface area (Å²) in [5.41, 5.74) is 3.00. The Morgan fingerprint density at radius 1 is 0.970 bits per heavy atom. The zero-order valence-electron chi connectivity index (χ0n) is 20.1. The number of methoxy groups -OCH3 is 1. The summed E-state index contributed by atoms with van der Waals surface area (Å²) >= 11 is 0. The first-order chi connectivity index (χ1) is 16.1. The van der Waals surface area contributed by atoms with Gasteiger partial charge < -0.3 is 19.3 Å². The maximum absolute atomic E-state index is 11.4. The maximum Gasteiger partial charge on any atom is 0.152 e. The molecule has 3 aromatic rings. The normalized spacial score (nSPS) is 11.4. The van der Waals surface area contributed by atoms with Crippen LogP contribution in [0.2, 0.25) is 0 Å². The van der Waals surface area contributed by atoms with Gasteiger partial charge in [-0.2, -0.15) is 0 Å². The lowest BCUT2D eigenvalue weighted by Gasteiger charge is -2.16. The van der Waals surface area contributed by atoms with Crippen LogP contribution in [0.25, 0.3) is 10.9 Å². The smallest absolute Gasteiger partial charge is 0.152 e. The van der Waals surface area contributed by atoms with Crippen LogP contribution in [0.1, 0.15) is 67.3 Å². The molecular weight excluding hydrogens is 412 g/mol. The van der Waals surface area contributed by atoms with E-state index in [0.29, 0.717) is 5.75 Å². The number of benzene rings is 2. The third kappa shape index (κ3) is 7.64. The number of aromatic hydroxyl groups is 1. The van der Waals surface area contributed by atoms with Gasteiger partial charge in [-0.1, -0.05) is 50.7 Å². The van der Waals surface area contributed by atoms with Gasteiger partial charge >= 0.3 is 0 Å². The summed E-state index contributed by atoms with van der Waals surface area (Å²) in [5, 5.41) is 10.5. The fraction of sp³-hybridized carbons (Fsp3) is 0.464. The minimum absolute atomic E-state index is 0.342. The minimum Gasteiger partial charge on any atom is -0.508 e. The fourth-order valence-electron chi connectivity index (χ4n) is 4.48. The number of aryl methyl sites for hydroxylation is 1. The number of nitrogens with zero attached hydrogens (tertiary/aromatic N) is 2. The molecule has 178 valence electrons. The molecule has 5 nitrogen and oxygen atoms in total. The number of aromatic nitrogens is 1. The molecule has 3 rings (SSSR count). The molecule has 0 radical (unpaired) electrons. The summed E-state index contributed by atoms with van der Waals surface area (Å²) in [6.07, 6.45) is 12.9. The second-order valence-corrected chi connectivity index (χ2v) is 9.01. The molecular formula is C28H38N2O3. The SMILES string of the molecule is COc1ccc2c(c1)c(C=O)cn2CCCCCCCCCCN(C)Cc1cccc(O)c1. The van der Waals surface area contributed by atoms with Gasteiger partial charge in [-0.15, -0.1) is 0 Å². The van der Waals surface area contributed by atoms with Crippen molar-refractivity contribution in [2.75, 3.05) is 20.7 Å². The number of fused-ring (bicyclic) bond motifs is 1. The van der Waals surface area contributed by atoms with Gasteiger partial charge in [-0.05, 0) is 62.3 Å². The van der Waals surface area contributed by atoms with E-state index >= 15 is 0 Å². The number of ether oxygens (including phenoxy) is 1. The monoisotopic (exact) mass is 450 g/mol. The van der Waals surface area contributed by atoms with Crippen LogP contribution in [-0.4, -0.2) is 41.6 Å². The van der Waals surface area contributed by atoms with Crippen molar-refractivity contribution in [3.8, 4) is 11.5 Å². The lowest BCUT2D eigenvalue weighted by molar-refractivity contribution is 0.112. The van der Waals surface area contributed by atoms with Crippen molar-refractivity contribution in [3.05, 3.63) is 59.8 Å². The molecule has 5 heteroatoms. The second-order valence-electron chi connectivity index (χ2n) is 9.01. The van der Waals surface area contributed by atoms with Crippen LogP contribution in [0, 0.1) is 0 Å². The molecule has 1 aromatic heterocycles. The van der Waals surface area contributed by atoms with E-state index < -0.39 is 0 Å². The third-order valence-corrected chi connectivity index (χ3v) is 6.30. The van der Waals surface area contributed by atoms with Crippen LogP contribution < -0.4 is 4.74 Å². The molecule has 0 bridgehead atoms. The molecule has 1 heterocycles. The van der Waals surface area contributed by atoms with Crippen molar-refractivity contribution < 1.29 is 14.6 Å². The summed E-state index contributed by atoms with van der Waals surface area (Å²) in [7, 11) is 3.79. The lowest BCUT2D eigenvalue weighted by atomic mass is 10.1. The van der Waals surface area contributed by atoms with E-state index in [4.69, 9.17) is 4.74 Å². The number of rotatable bonds is 15. The van der Waals surface area contributed by atoms with Crippen LogP contribution in [0.4, 0.5) is 0 Å². The Balaban J connectivity index is 1.25. The zero-order chi connectivity index (χ0) is 23.5. The summed E-state index contributed by atoms with van der Waals surface area (Å²) in [6.45, 7) is 2.92. The molecule has 0 aliphatic heterocycles. The Kier molecular flexibility index (Phi) is 9.82. The molecule has 0 saturated carbocycles. The minimum atomic E-state index is 0.342. The van der Waals surface area contributed by atoms with Crippen molar-refractivity contribution in [1.29, 1.82) is 0 Å². The number of hydrogen-bond donors (Lipinski definition) is 1. The molecule has 2 aromatic carbocycles. The van der Waals surface area contributed by atoms with Gasteiger partial charge in [-0.3, -0.25) is 4.79 Å². The Hall–Kier alpha value is -2.79. The largest absolute Gasteiger partial charge is 0.508 e. The van der Waals surface area contributed by atoms with Gasteiger partial charge in [0.25, 0.3) is 0 Å². The van der Waals surface area contributed by atoms with E-state index in [9.17, 15) is 9.90 Å². The van der Waals surface area contributed by atoms with Gasteiger partial charge in [0.2, 0.25) is 0 Å². The molecule has 0 aliphatic rings. The van der Waals surface area contributed by atoms with Crippen molar-refractivity contribution in [2.24, 2.45) is 0 Å². The molecule has 0 amide bonds. The van der Waals surface area contributed by atoms with E-state index in [1.807, 2.05) is 36.5 Å². The average Bonchev–Trinajstić information content (AvgIpc) is 3.17. The Morgan fingerprint density at radius 2 is 1.70 bits per heavy atom. The molecule has 0 atom stereocenters. The first-order valence-corrected chi connectivity index (χ1v) is 12.2. The summed E-state index contributed by atoms with van der Waals surface area (Å²) in [5.74, 6) is 1.13. The second kappa shape index (κ2) is 13.0. The van der Waals surface area contributed by atoms with Crippen LogP contribution in [0.3, 0.4) is 0 Å². The number of hydrogen-bond acceptors (Lipinski definition) is 4. The van der Waals surface area contributed by atoms with Crippen LogP contribution in [0.5, 0.6) is 11.5 Å². The quantitative estimate of drug-likeness (QED) is 0.214. The van der Waals surface area contributed by atoms with Crippen LogP contribution in [0.15, 0.2) is 48.7 Å². The number of phenols is 1. The molecule has 0 saturated heterocycles. The van der Waals surface area contributed by atoms with Crippen LogP contribution in [-0.2, 0) is 13.1 Å². The van der Waals surface area contributed by atoms with E-state index in [1.54, 1.807) is 13.2 Å². The molecule has 1 N–H and O–H groups in total. The number of aldehydes is 1. The molecule has 0 spiro atoms. The van der Waals surface area contributed by atoms with Crippen molar-refractivity contribution in [2.45, 2.75) is 64.5 Å². The summed E-state index contributed by atoms with van der Waals surface area (Å²) in [6, 6.07) is 13.5. The van der Waals surface area contributed by atoms with Crippen molar-refractivity contribution >= 4 is 17.2 Å². The number of unbranched alkanes of at least 4 members (excludes halogenated alkanes) is 7. The third-order valence-electron chi connectivity index (χ3n) is 6.30. The first kappa shape index (κ1) is 24.8. The van der Waals surface area contributed by atoms with Gasteiger partial charge in [-0.25, -0.2) is 0 Å². The van der Waals surface area contributed by atoms with Crippen LogP contribution >= 0.6 is 0 Å². The van der Waals surface area contributed by atoms with Crippen molar-refractivity contribution in [1.82, 2.24) is 9.47 Å². The predicted octanol–water partition coefficient (Wildman–Crippen LogP) is 6.42. The number of carbonyl (C=O) groups is 1. The Bertz CT molecular complexity index is 1010. The Labute approximate surface area is 198 Å². The Morgan fingerprint density at radius 3 is 2.39 bits per heavy atom. The standard InChI is InChI=1S/C28H38N2O3/c1-29(20-23-12-11-13-25(32)18-23)16-9-7-5-3-4-6-8-10-17-30-21-24(22-31)27-19-26(33-2)14-15-28(27)30/h11-15,18-19,21-22,32H,3-10,16-17,20H2,1-2H3. The van der Waals surface area contributed by atoms with Gasteiger partial charge in [0, 0.05) is 35.8 Å². The van der Waals surface area contributed by atoms with Gasteiger partial charge in [0.05, 0.1) is 7.11 Å². The molecule has 33 heavy (non-hydrogen) atoms. The zero-order valence-corrected chi connectivity index (χ0v) is 20.1. The maximum atomic E-state index is 11.4. The molecule has 0 aliphatic carbocycles. The van der Waals surface area contributed by atoms with Gasteiger partial charge in [0.15, 0.2) is 6.29 Å². The molecule has 0 unspecified atom stereocenters. The van der Waals surface area contributed by atoms with E-state index in [1.165, 1.54) is 44.9 Å².